The summed E-state index contributed by atoms with van der Waals surface area (Å²) >= 11 is 5.89. The molecule has 6 aromatic carbocycles. The molecular formula is C36H20BNS3. The molecule has 2 aliphatic rings. The van der Waals surface area contributed by atoms with E-state index in [0.29, 0.717) is 5.27 Å². The number of fused-ring (bicyclic) bond motifs is 11. The van der Waals surface area contributed by atoms with Crippen molar-refractivity contribution in [1.82, 2.24) is 4.57 Å². The summed E-state index contributed by atoms with van der Waals surface area (Å²) in [5, 5.41) is 5.66. The van der Waals surface area contributed by atoms with E-state index in [-0.39, 0.29) is 0 Å². The lowest BCUT2D eigenvalue weighted by Gasteiger charge is -2.32. The molecule has 41 heavy (non-hydrogen) atoms. The van der Waals surface area contributed by atoms with E-state index in [2.05, 4.69) is 126 Å². The Bertz CT molecular complexity index is 2330. The Morgan fingerprint density at radius 1 is 0.512 bits per heavy atom. The minimum absolute atomic E-state index is 0.351. The van der Waals surface area contributed by atoms with Crippen LogP contribution in [0, 0.1) is 0 Å². The number of rotatable bonds is 1. The second-order valence-corrected chi connectivity index (χ2v) is 14.5. The summed E-state index contributed by atoms with van der Waals surface area (Å²) in [6.45, 7) is 0. The molecule has 0 spiro atoms. The monoisotopic (exact) mass is 573 g/mol. The number of benzene rings is 6. The third kappa shape index (κ3) is 3.06. The van der Waals surface area contributed by atoms with Gasteiger partial charge in [-0.05, 0) is 70.2 Å². The molecule has 0 radical (unpaired) electrons. The molecule has 0 fully saturated rings. The molecule has 0 aliphatic carbocycles. The minimum atomic E-state index is 0.351. The van der Waals surface area contributed by atoms with Crippen molar-refractivity contribution in [3.63, 3.8) is 0 Å². The van der Waals surface area contributed by atoms with E-state index in [1.54, 1.807) is 0 Å². The topological polar surface area (TPSA) is 4.93 Å². The molecule has 0 atom stereocenters. The second kappa shape index (κ2) is 8.33. The maximum absolute atomic E-state index is 2.55. The predicted molar refractivity (Wildman–Crippen MR) is 182 cm³/mol. The van der Waals surface area contributed by atoms with Gasteiger partial charge in [0.05, 0.1) is 11.0 Å². The average Bonchev–Trinajstić information content (AvgIpc) is 3.57. The van der Waals surface area contributed by atoms with Crippen LogP contribution < -0.4 is 5.46 Å². The van der Waals surface area contributed by atoms with E-state index >= 15 is 0 Å². The van der Waals surface area contributed by atoms with E-state index in [1.165, 1.54) is 85.2 Å². The molecule has 0 N–H and O–H groups in total. The SMILES string of the molecule is c1ccc2c(c1)SB1Sc3ccccc3-c3cc(-n4c5ccccc5c5ccc6sc7ccccc7c6c54)cc-2c31. The number of nitrogens with zero attached hydrogens (tertiary/aromatic N) is 1. The first-order valence-electron chi connectivity index (χ1n) is 13.9. The fraction of sp³-hybridized carbons (Fsp3) is 0. The zero-order valence-corrected chi connectivity index (χ0v) is 24.2. The number of hydrogen-bond acceptors (Lipinski definition) is 3. The van der Waals surface area contributed by atoms with Crippen molar-refractivity contribution in [3.8, 4) is 27.9 Å². The molecule has 2 aliphatic heterocycles. The van der Waals surface area contributed by atoms with Crippen LogP contribution in [0.1, 0.15) is 0 Å². The molecule has 0 saturated heterocycles. The van der Waals surface area contributed by atoms with E-state index < -0.39 is 0 Å². The van der Waals surface area contributed by atoms with Crippen LogP contribution in [0.3, 0.4) is 0 Å². The van der Waals surface area contributed by atoms with Gasteiger partial charge in [0.2, 0.25) is 0 Å². The normalized spacial score (nSPS) is 13.6. The van der Waals surface area contributed by atoms with Crippen molar-refractivity contribution in [2.45, 2.75) is 9.79 Å². The van der Waals surface area contributed by atoms with Crippen molar-refractivity contribution in [2.24, 2.45) is 0 Å². The van der Waals surface area contributed by atoms with Gasteiger partial charge >= 0.3 is 5.27 Å². The van der Waals surface area contributed by atoms with Gasteiger partial charge in [0.25, 0.3) is 0 Å². The lowest BCUT2D eigenvalue weighted by atomic mass is 9.77. The third-order valence-electron chi connectivity index (χ3n) is 8.66. The highest BCUT2D eigenvalue weighted by Gasteiger charge is 2.37. The van der Waals surface area contributed by atoms with Crippen molar-refractivity contribution < 1.29 is 0 Å². The van der Waals surface area contributed by atoms with Crippen LogP contribution in [0.2, 0.25) is 0 Å². The first-order valence-corrected chi connectivity index (χ1v) is 16.4. The lowest BCUT2D eigenvalue weighted by molar-refractivity contribution is 1.19. The number of hydrogen-bond donors (Lipinski definition) is 0. The standard InChI is InChI=1S/C36H20BNS3/c1-5-13-29-22(9-1)25-17-18-33-34(26-12-4-6-14-30(26)39-33)36(25)38(29)21-19-27-23-10-2-7-15-31(23)40-37-35(27)28(20-21)24-11-3-8-16-32(24)41-37/h1-20H. The number of aromatic nitrogens is 1. The first kappa shape index (κ1) is 22.8. The summed E-state index contributed by atoms with van der Waals surface area (Å²) in [6.07, 6.45) is 0. The molecule has 0 saturated carbocycles. The minimum Gasteiger partial charge on any atom is -0.309 e. The maximum Gasteiger partial charge on any atom is 0.318 e. The summed E-state index contributed by atoms with van der Waals surface area (Å²) in [7, 11) is 0. The highest BCUT2D eigenvalue weighted by Crippen LogP contribution is 2.51. The molecule has 4 heterocycles. The van der Waals surface area contributed by atoms with Crippen molar-refractivity contribution in [1.29, 1.82) is 0 Å². The zero-order chi connectivity index (χ0) is 26.7. The van der Waals surface area contributed by atoms with Gasteiger partial charge in [-0.15, -0.1) is 11.3 Å². The summed E-state index contributed by atoms with van der Waals surface area (Å²) in [4.78, 5) is 2.74. The molecule has 0 bridgehead atoms. The second-order valence-electron chi connectivity index (χ2n) is 10.8. The van der Waals surface area contributed by atoms with Crippen LogP contribution in [0.5, 0.6) is 0 Å². The van der Waals surface area contributed by atoms with Gasteiger partial charge in [0.1, 0.15) is 0 Å². The van der Waals surface area contributed by atoms with Crippen LogP contribution in [0.4, 0.5) is 0 Å². The molecule has 190 valence electrons. The van der Waals surface area contributed by atoms with Gasteiger partial charge < -0.3 is 4.57 Å². The third-order valence-corrected chi connectivity index (χ3v) is 12.5. The predicted octanol–water partition coefficient (Wildman–Crippen LogP) is 10.4. The summed E-state index contributed by atoms with van der Waals surface area (Å²) in [5.41, 5.74) is 10.7. The molecule has 8 aromatic rings. The van der Waals surface area contributed by atoms with Gasteiger partial charge in [-0.25, -0.2) is 0 Å². The number of para-hydroxylation sites is 1. The van der Waals surface area contributed by atoms with Crippen LogP contribution in [-0.4, -0.2) is 9.84 Å². The Labute approximate surface area is 249 Å². The van der Waals surface area contributed by atoms with Crippen LogP contribution in [0.25, 0.3) is 69.9 Å². The molecule has 0 amide bonds. The summed E-state index contributed by atoms with van der Waals surface area (Å²) in [5.74, 6) is 0. The largest absolute Gasteiger partial charge is 0.318 e. The van der Waals surface area contributed by atoms with Gasteiger partial charge in [0.15, 0.2) is 0 Å². The fourth-order valence-electron chi connectivity index (χ4n) is 6.96. The Kier molecular flexibility index (Phi) is 4.62. The van der Waals surface area contributed by atoms with Crippen LogP contribution in [0.15, 0.2) is 131 Å². The van der Waals surface area contributed by atoms with E-state index in [1.807, 2.05) is 34.6 Å². The number of thiophene rings is 1. The highest BCUT2D eigenvalue weighted by atomic mass is 32.2. The Balaban J connectivity index is 1.40. The summed E-state index contributed by atoms with van der Waals surface area (Å²) in [6, 6.07) is 45.3. The molecule has 2 aromatic heterocycles. The Hall–Kier alpha value is -3.90. The molecule has 0 unspecified atom stereocenters. The van der Waals surface area contributed by atoms with E-state index in [0.717, 1.165) is 0 Å². The van der Waals surface area contributed by atoms with Crippen molar-refractivity contribution in [2.75, 3.05) is 0 Å². The molecule has 5 heteroatoms. The molecule has 1 nitrogen and oxygen atoms in total. The van der Waals surface area contributed by atoms with Crippen molar-refractivity contribution in [3.05, 3.63) is 121 Å². The fourth-order valence-corrected chi connectivity index (χ4v) is 11.0. The average molecular weight is 574 g/mol. The van der Waals surface area contributed by atoms with Gasteiger partial charge in [-0.2, -0.15) is 23.2 Å². The van der Waals surface area contributed by atoms with Gasteiger partial charge in [-0.3, -0.25) is 0 Å². The quantitative estimate of drug-likeness (QED) is 0.180. The Morgan fingerprint density at radius 2 is 1.15 bits per heavy atom. The lowest BCUT2D eigenvalue weighted by Crippen LogP contribution is -2.33. The van der Waals surface area contributed by atoms with Crippen molar-refractivity contribution >= 4 is 87.3 Å². The van der Waals surface area contributed by atoms with Crippen LogP contribution >= 0.6 is 34.6 Å². The Morgan fingerprint density at radius 3 is 1.90 bits per heavy atom. The molecule has 10 rings (SSSR count). The van der Waals surface area contributed by atoms with Gasteiger partial charge in [-0.1, -0.05) is 78.9 Å². The smallest absolute Gasteiger partial charge is 0.309 e. The van der Waals surface area contributed by atoms with E-state index in [9.17, 15) is 0 Å². The maximum atomic E-state index is 2.55. The van der Waals surface area contributed by atoms with Crippen LogP contribution in [-0.2, 0) is 0 Å². The summed E-state index contributed by atoms with van der Waals surface area (Å²) < 4.78 is 5.23. The highest BCUT2D eigenvalue weighted by molar-refractivity contribution is 8.56. The molecular weight excluding hydrogens is 553 g/mol. The zero-order valence-electron chi connectivity index (χ0n) is 21.8. The van der Waals surface area contributed by atoms with Gasteiger partial charge in [0, 0.05) is 46.4 Å². The van der Waals surface area contributed by atoms with E-state index in [4.69, 9.17) is 0 Å². The first-order chi connectivity index (χ1) is 20.3.